The lowest BCUT2D eigenvalue weighted by Gasteiger charge is -2.13. The molecule has 2 aromatic heterocycles. The van der Waals surface area contributed by atoms with Crippen LogP contribution in [0.2, 0.25) is 10.0 Å². The predicted octanol–water partition coefficient (Wildman–Crippen LogP) is 4.95. The molecule has 0 N–H and O–H groups in total. The number of hydrogen-bond acceptors (Lipinski definition) is 3. The second kappa shape index (κ2) is 9.33. The molecule has 34 heavy (non-hydrogen) atoms. The minimum atomic E-state index is -0.417. The largest absolute Gasteiger partial charge is 0.337 e. The Labute approximate surface area is 205 Å². The van der Waals surface area contributed by atoms with Gasteiger partial charge in [0.1, 0.15) is 0 Å². The van der Waals surface area contributed by atoms with Crippen molar-refractivity contribution < 1.29 is 0 Å². The first-order valence-electron chi connectivity index (χ1n) is 10.8. The normalized spacial score (nSPS) is 11.2. The molecule has 0 amide bonds. The quantitative estimate of drug-likeness (QED) is 0.338. The van der Waals surface area contributed by atoms with Gasteiger partial charge in [0, 0.05) is 13.1 Å². The molecule has 5 rings (SSSR count). The molecule has 0 unspecified atom stereocenters. The van der Waals surface area contributed by atoms with Gasteiger partial charge in [-0.1, -0.05) is 77.8 Å². The molecule has 0 aliphatic carbocycles. The molecule has 0 bridgehead atoms. The molecule has 0 atom stereocenters. The van der Waals surface area contributed by atoms with Crippen molar-refractivity contribution in [1.29, 1.82) is 0 Å². The summed E-state index contributed by atoms with van der Waals surface area (Å²) in [4.78, 5) is 31.6. The van der Waals surface area contributed by atoms with E-state index in [1.54, 1.807) is 23.0 Å². The molecule has 0 aliphatic rings. The highest BCUT2D eigenvalue weighted by atomic mass is 35.5. The first kappa shape index (κ1) is 22.2. The van der Waals surface area contributed by atoms with E-state index < -0.39 is 5.69 Å². The minimum Gasteiger partial charge on any atom is -0.320 e. The lowest BCUT2D eigenvalue weighted by Crippen LogP contribution is -2.40. The highest BCUT2D eigenvalue weighted by Gasteiger charge is 2.19. The molecule has 5 aromatic rings. The van der Waals surface area contributed by atoms with E-state index in [9.17, 15) is 9.59 Å². The Morgan fingerprint density at radius 1 is 0.794 bits per heavy atom. The van der Waals surface area contributed by atoms with E-state index in [0.717, 1.165) is 11.1 Å². The Bertz CT molecular complexity index is 1590. The van der Waals surface area contributed by atoms with Crippen LogP contribution < -0.4 is 11.2 Å². The van der Waals surface area contributed by atoms with Crippen molar-refractivity contribution in [1.82, 2.24) is 18.7 Å². The molecule has 170 valence electrons. The van der Waals surface area contributed by atoms with E-state index in [0.29, 0.717) is 39.9 Å². The lowest BCUT2D eigenvalue weighted by molar-refractivity contribution is 0.615. The van der Waals surface area contributed by atoms with Crippen LogP contribution in [0, 0.1) is 0 Å². The summed E-state index contributed by atoms with van der Waals surface area (Å²) in [6.07, 6.45) is 2.13. The number of halogens is 2. The molecule has 0 fully saturated rings. The van der Waals surface area contributed by atoms with Gasteiger partial charge in [-0.05, 0) is 41.8 Å². The molecular weight excluding hydrogens is 471 g/mol. The van der Waals surface area contributed by atoms with Crippen LogP contribution in [0.25, 0.3) is 16.9 Å². The number of aryl methyl sites for hydroxylation is 1. The molecular formula is C26H20Cl2N4O2. The molecule has 0 saturated heterocycles. The highest BCUT2D eigenvalue weighted by molar-refractivity contribution is 6.42. The zero-order valence-corrected chi connectivity index (χ0v) is 19.6. The Kier molecular flexibility index (Phi) is 6.09. The summed E-state index contributed by atoms with van der Waals surface area (Å²) in [6, 6.07) is 24.3. The van der Waals surface area contributed by atoms with Crippen LogP contribution in [0.4, 0.5) is 0 Å². The van der Waals surface area contributed by atoms with Crippen molar-refractivity contribution in [3.8, 4) is 5.69 Å². The van der Waals surface area contributed by atoms with Gasteiger partial charge in [0.2, 0.25) is 0 Å². The van der Waals surface area contributed by atoms with Gasteiger partial charge in [-0.25, -0.2) is 14.3 Å². The van der Waals surface area contributed by atoms with Gasteiger partial charge in [-0.2, -0.15) is 0 Å². The summed E-state index contributed by atoms with van der Waals surface area (Å²) in [7, 11) is 0. The Balaban J connectivity index is 1.67. The first-order chi connectivity index (χ1) is 16.5. The molecule has 8 heteroatoms. The average molecular weight is 491 g/mol. The van der Waals surface area contributed by atoms with E-state index in [4.69, 9.17) is 23.2 Å². The van der Waals surface area contributed by atoms with Crippen molar-refractivity contribution in [3.63, 3.8) is 0 Å². The Hall–Kier alpha value is -3.61. The van der Waals surface area contributed by atoms with E-state index in [1.165, 1.54) is 9.13 Å². The van der Waals surface area contributed by atoms with Crippen molar-refractivity contribution in [2.75, 3.05) is 0 Å². The fraction of sp³-hybridized carbons (Fsp3) is 0.115. The van der Waals surface area contributed by atoms with E-state index in [-0.39, 0.29) is 12.1 Å². The maximum atomic E-state index is 13.6. The second-order valence-electron chi connectivity index (χ2n) is 7.94. The molecule has 3 aromatic carbocycles. The van der Waals surface area contributed by atoms with Gasteiger partial charge in [-0.3, -0.25) is 9.36 Å². The average Bonchev–Trinajstić information content (AvgIpc) is 3.26. The van der Waals surface area contributed by atoms with Crippen LogP contribution in [-0.2, 0) is 19.5 Å². The SMILES string of the molecule is O=c1c2c(ncn2Cc2ccc(Cl)c(Cl)c2)n(-c2ccccc2)c(=O)n1CCc1ccccc1. The molecule has 6 nitrogen and oxygen atoms in total. The first-order valence-corrected chi connectivity index (χ1v) is 11.5. The molecule has 0 radical (unpaired) electrons. The molecule has 2 heterocycles. The van der Waals surface area contributed by atoms with Crippen molar-refractivity contribution in [2.45, 2.75) is 19.5 Å². The monoisotopic (exact) mass is 490 g/mol. The number of para-hydroxylation sites is 1. The van der Waals surface area contributed by atoms with Crippen LogP contribution >= 0.6 is 23.2 Å². The highest BCUT2D eigenvalue weighted by Crippen LogP contribution is 2.23. The van der Waals surface area contributed by atoms with Gasteiger partial charge >= 0.3 is 5.69 Å². The fourth-order valence-electron chi connectivity index (χ4n) is 4.03. The van der Waals surface area contributed by atoms with Gasteiger partial charge in [0.25, 0.3) is 5.56 Å². The van der Waals surface area contributed by atoms with E-state index in [1.807, 2.05) is 66.7 Å². The Morgan fingerprint density at radius 2 is 1.50 bits per heavy atom. The number of fused-ring (bicyclic) bond motifs is 1. The standard InChI is InChI=1S/C26H20Cl2N4O2/c27-21-12-11-19(15-22(21)28)16-30-17-29-24-23(30)25(33)31(14-13-18-7-3-1-4-8-18)26(34)32(24)20-9-5-2-6-10-20/h1-12,15,17H,13-14,16H2. The lowest BCUT2D eigenvalue weighted by atomic mass is 10.1. The number of rotatable bonds is 6. The van der Waals surface area contributed by atoms with Gasteiger partial charge in [0.15, 0.2) is 11.2 Å². The number of aromatic nitrogens is 4. The smallest absolute Gasteiger partial charge is 0.320 e. The van der Waals surface area contributed by atoms with Crippen LogP contribution in [0.15, 0.2) is 94.8 Å². The number of hydrogen-bond donors (Lipinski definition) is 0. The topological polar surface area (TPSA) is 61.8 Å². The zero-order valence-electron chi connectivity index (χ0n) is 18.1. The van der Waals surface area contributed by atoms with Gasteiger partial charge in [0.05, 0.1) is 22.1 Å². The molecule has 0 saturated carbocycles. The number of benzene rings is 3. The number of imidazole rings is 1. The van der Waals surface area contributed by atoms with Crippen LogP contribution in [0.3, 0.4) is 0 Å². The van der Waals surface area contributed by atoms with Gasteiger partial charge in [-0.15, -0.1) is 0 Å². The molecule has 0 spiro atoms. The maximum absolute atomic E-state index is 13.6. The Morgan fingerprint density at radius 3 is 2.21 bits per heavy atom. The minimum absolute atomic E-state index is 0.252. The summed E-state index contributed by atoms with van der Waals surface area (Å²) >= 11 is 12.2. The third-order valence-electron chi connectivity index (χ3n) is 5.72. The fourth-order valence-corrected chi connectivity index (χ4v) is 4.35. The predicted molar refractivity (Wildman–Crippen MR) is 135 cm³/mol. The third-order valence-corrected chi connectivity index (χ3v) is 6.46. The van der Waals surface area contributed by atoms with E-state index in [2.05, 4.69) is 4.98 Å². The third kappa shape index (κ3) is 4.18. The van der Waals surface area contributed by atoms with E-state index >= 15 is 0 Å². The van der Waals surface area contributed by atoms with Crippen LogP contribution in [0.1, 0.15) is 11.1 Å². The summed E-state index contributed by atoms with van der Waals surface area (Å²) in [6.45, 7) is 0.608. The van der Waals surface area contributed by atoms with Crippen LogP contribution in [-0.4, -0.2) is 18.7 Å². The number of nitrogens with zero attached hydrogens (tertiary/aromatic N) is 4. The maximum Gasteiger partial charge on any atom is 0.337 e. The molecule has 0 aliphatic heterocycles. The summed E-state index contributed by atoms with van der Waals surface area (Å²) in [5.74, 6) is 0. The van der Waals surface area contributed by atoms with Gasteiger partial charge < -0.3 is 4.57 Å². The second-order valence-corrected chi connectivity index (χ2v) is 8.75. The van der Waals surface area contributed by atoms with Crippen molar-refractivity contribution in [3.05, 3.63) is 127 Å². The summed E-state index contributed by atoms with van der Waals surface area (Å²) in [5.41, 5.74) is 2.43. The summed E-state index contributed by atoms with van der Waals surface area (Å²) in [5, 5.41) is 0.896. The van der Waals surface area contributed by atoms with Crippen molar-refractivity contribution in [2.24, 2.45) is 0 Å². The van der Waals surface area contributed by atoms with Crippen LogP contribution in [0.5, 0.6) is 0 Å². The van der Waals surface area contributed by atoms with Crippen molar-refractivity contribution >= 4 is 34.4 Å². The summed E-state index contributed by atoms with van der Waals surface area (Å²) < 4.78 is 4.53. The zero-order chi connectivity index (χ0) is 23.7.